The molecule has 0 bridgehead atoms. The summed E-state index contributed by atoms with van der Waals surface area (Å²) in [5.41, 5.74) is 2.40. The van der Waals surface area contributed by atoms with Crippen molar-refractivity contribution in [3.05, 3.63) is 69.2 Å². The Balaban J connectivity index is 1.88. The van der Waals surface area contributed by atoms with Crippen LogP contribution < -0.4 is 9.47 Å². The van der Waals surface area contributed by atoms with Gasteiger partial charge in [-0.3, -0.25) is 4.79 Å². The van der Waals surface area contributed by atoms with E-state index in [2.05, 4.69) is 0 Å². The standard InChI is InChI=1S/C19H16ClFO3/c1-10(2)19-18(22)17-11(3)7-12(8-16(17)24-19)23-9-13-14(20)5-4-6-15(13)21/h4-8H,9H2,1-3H3. The maximum atomic E-state index is 13.8. The summed E-state index contributed by atoms with van der Waals surface area (Å²) < 4.78 is 25.1. The number of hydrogen-bond acceptors (Lipinski definition) is 3. The van der Waals surface area contributed by atoms with E-state index < -0.39 is 5.82 Å². The first-order valence-electron chi connectivity index (χ1n) is 7.49. The van der Waals surface area contributed by atoms with E-state index in [1.165, 1.54) is 6.07 Å². The van der Waals surface area contributed by atoms with E-state index >= 15 is 0 Å². The van der Waals surface area contributed by atoms with Crippen LogP contribution in [0, 0.1) is 12.7 Å². The number of carbonyl (C=O) groups excluding carboxylic acids is 1. The average Bonchev–Trinajstić information content (AvgIpc) is 2.84. The van der Waals surface area contributed by atoms with Gasteiger partial charge in [-0.1, -0.05) is 17.7 Å². The summed E-state index contributed by atoms with van der Waals surface area (Å²) in [7, 11) is 0. The van der Waals surface area contributed by atoms with Crippen LogP contribution in [0.2, 0.25) is 5.02 Å². The molecule has 0 N–H and O–H groups in total. The first-order valence-corrected chi connectivity index (χ1v) is 7.86. The van der Waals surface area contributed by atoms with Gasteiger partial charge in [-0.25, -0.2) is 4.39 Å². The fourth-order valence-electron chi connectivity index (χ4n) is 2.60. The summed E-state index contributed by atoms with van der Waals surface area (Å²) in [6.07, 6.45) is 0. The molecular weight excluding hydrogens is 331 g/mol. The molecule has 0 radical (unpaired) electrons. The van der Waals surface area contributed by atoms with Gasteiger partial charge >= 0.3 is 0 Å². The van der Waals surface area contributed by atoms with Crippen molar-refractivity contribution in [3.63, 3.8) is 0 Å². The van der Waals surface area contributed by atoms with Crippen LogP contribution in [0.1, 0.15) is 35.3 Å². The normalized spacial score (nSPS) is 12.9. The molecule has 0 amide bonds. The summed E-state index contributed by atoms with van der Waals surface area (Å²) in [5, 5.41) is 0.311. The number of hydrogen-bond donors (Lipinski definition) is 0. The Morgan fingerprint density at radius 2 is 2.04 bits per heavy atom. The number of Topliss-reactive ketones (excluding diaryl/α,β-unsaturated/α-hetero) is 1. The van der Waals surface area contributed by atoms with Gasteiger partial charge in [0.1, 0.15) is 23.9 Å². The molecule has 0 atom stereocenters. The number of fused-ring (bicyclic) bond motifs is 1. The van der Waals surface area contributed by atoms with Crippen LogP contribution in [-0.2, 0) is 6.61 Å². The Bertz CT molecular complexity index is 847. The van der Waals surface area contributed by atoms with Crippen LogP contribution in [0.4, 0.5) is 4.39 Å². The van der Waals surface area contributed by atoms with Crippen LogP contribution in [0.3, 0.4) is 0 Å². The second-order valence-electron chi connectivity index (χ2n) is 5.86. The lowest BCUT2D eigenvalue weighted by Crippen LogP contribution is -2.02. The third-order valence-corrected chi connectivity index (χ3v) is 4.17. The minimum atomic E-state index is -0.418. The van der Waals surface area contributed by atoms with Crippen molar-refractivity contribution in [1.82, 2.24) is 0 Å². The largest absolute Gasteiger partial charge is 0.489 e. The van der Waals surface area contributed by atoms with Crippen LogP contribution in [-0.4, -0.2) is 5.78 Å². The predicted molar refractivity (Wildman–Crippen MR) is 90.3 cm³/mol. The Hall–Kier alpha value is -2.33. The molecule has 0 saturated carbocycles. The number of benzene rings is 2. The Kier molecular flexibility index (Phi) is 4.33. The first-order chi connectivity index (χ1) is 11.4. The van der Waals surface area contributed by atoms with Gasteiger partial charge in [0.05, 0.1) is 10.6 Å². The van der Waals surface area contributed by atoms with Crippen LogP contribution >= 0.6 is 11.6 Å². The number of carbonyl (C=O) groups is 1. The van der Waals surface area contributed by atoms with Gasteiger partial charge < -0.3 is 9.47 Å². The number of aryl methyl sites for hydroxylation is 1. The number of allylic oxidation sites excluding steroid dienone is 2. The molecule has 0 fully saturated rings. The maximum Gasteiger partial charge on any atom is 0.232 e. The van der Waals surface area contributed by atoms with E-state index in [9.17, 15) is 9.18 Å². The maximum absolute atomic E-state index is 13.8. The van der Waals surface area contributed by atoms with Crippen molar-refractivity contribution in [1.29, 1.82) is 0 Å². The lowest BCUT2D eigenvalue weighted by atomic mass is 10.0. The molecule has 2 aromatic carbocycles. The monoisotopic (exact) mass is 346 g/mol. The molecule has 3 rings (SSSR count). The molecule has 124 valence electrons. The second-order valence-corrected chi connectivity index (χ2v) is 6.27. The lowest BCUT2D eigenvalue weighted by molar-refractivity contribution is 0.101. The van der Waals surface area contributed by atoms with E-state index in [-0.39, 0.29) is 12.4 Å². The smallest absolute Gasteiger partial charge is 0.232 e. The third-order valence-electron chi connectivity index (χ3n) is 3.82. The van der Waals surface area contributed by atoms with E-state index in [0.717, 1.165) is 11.1 Å². The number of rotatable bonds is 3. The molecule has 0 saturated heterocycles. The fraction of sp³-hybridized carbons (Fsp3) is 0.211. The zero-order chi connectivity index (χ0) is 17.4. The molecule has 1 heterocycles. The minimum absolute atomic E-state index is 0.00676. The molecule has 0 spiro atoms. The number of ether oxygens (including phenoxy) is 2. The number of ketones is 1. The summed E-state index contributed by atoms with van der Waals surface area (Å²) in [4.78, 5) is 12.3. The van der Waals surface area contributed by atoms with Crippen LogP contribution in [0.5, 0.6) is 11.5 Å². The third kappa shape index (κ3) is 2.89. The van der Waals surface area contributed by atoms with E-state index in [1.807, 2.05) is 20.8 Å². The Morgan fingerprint density at radius 1 is 1.29 bits per heavy atom. The zero-order valence-corrected chi connectivity index (χ0v) is 14.3. The molecule has 0 aromatic heterocycles. The van der Waals surface area contributed by atoms with Gasteiger partial charge in [0.25, 0.3) is 0 Å². The van der Waals surface area contributed by atoms with E-state index in [1.54, 1.807) is 24.3 Å². The SMILES string of the molecule is CC(C)=C1Oc2cc(OCc3c(F)cccc3Cl)cc(C)c2C1=O. The minimum Gasteiger partial charge on any atom is -0.489 e. The van der Waals surface area contributed by atoms with E-state index in [4.69, 9.17) is 21.1 Å². The van der Waals surface area contributed by atoms with Gasteiger partial charge in [-0.05, 0) is 50.1 Å². The molecular formula is C19H16ClFO3. The fourth-order valence-corrected chi connectivity index (χ4v) is 2.82. The van der Waals surface area contributed by atoms with Crippen molar-refractivity contribution in [3.8, 4) is 11.5 Å². The molecule has 5 heteroatoms. The van der Waals surface area contributed by atoms with Crippen molar-refractivity contribution < 1.29 is 18.7 Å². The zero-order valence-electron chi connectivity index (χ0n) is 13.6. The quantitative estimate of drug-likeness (QED) is 0.713. The van der Waals surface area contributed by atoms with Gasteiger partial charge in [-0.2, -0.15) is 0 Å². The summed E-state index contributed by atoms with van der Waals surface area (Å²) in [6, 6.07) is 7.87. The molecule has 1 aliphatic rings. The predicted octanol–water partition coefficient (Wildman–Crippen LogP) is 5.24. The highest BCUT2D eigenvalue weighted by molar-refractivity contribution is 6.31. The molecule has 0 aliphatic carbocycles. The summed E-state index contributed by atoms with van der Waals surface area (Å²) >= 11 is 6.00. The molecule has 1 aliphatic heterocycles. The van der Waals surface area contributed by atoms with Crippen molar-refractivity contribution in [2.45, 2.75) is 27.4 Å². The Labute approximate surface area is 144 Å². The van der Waals surface area contributed by atoms with Crippen LogP contribution in [0.25, 0.3) is 0 Å². The van der Waals surface area contributed by atoms with Crippen molar-refractivity contribution in [2.24, 2.45) is 0 Å². The van der Waals surface area contributed by atoms with Gasteiger partial charge in [0.15, 0.2) is 5.76 Å². The highest BCUT2D eigenvalue weighted by Crippen LogP contribution is 2.38. The topological polar surface area (TPSA) is 35.5 Å². The van der Waals surface area contributed by atoms with Gasteiger partial charge in [0, 0.05) is 11.6 Å². The molecule has 0 unspecified atom stereocenters. The Morgan fingerprint density at radius 3 is 2.71 bits per heavy atom. The lowest BCUT2D eigenvalue weighted by Gasteiger charge is -2.11. The van der Waals surface area contributed by atoms with Crippen molar-refractivity contribution >= 4 is 17.4 Å². The molecule has 3 nitrogen and oxygen atoms in total. The highest BCUT2D eigenvalue weighted by Gasteiger charge is 2.30. The second kappa shape index (κ2) is 6.29. The number of halogens is 2. The van der Waals surface area contributed by atoms with Gasteiger partial charge in [0.2, 0.25) is 5.78 Å². The molecule has 24 heavy (non-hydrogen) atoms. The average molecular weight is 347 g/mol. The molecule has 2 aromatic rings. The van der Waals surface area contributed by atoms with E-state index in [0.29, 0.717) is 33.4 Å². The van der Waals surface area contributed by atoms with Crippen molar-refractivity contribution in [2.75, 3.05) is 0 Å². The first kappa shape index (κ1) is 16.5. The van der Waals surface area contributed by atoms with Crippen LogP contribution in [0.15, 0.2) is 41.7 Å². The summed E-state index contributed by atoms with van der Waals surface area (Å²) in [6.45, 7) is 5.46. The summed E-state index contributed by atoms with van der Waals surface area (Å²) in [5.74, 6) is 0.770. The van der Waals surface area contributed by atoms with Gasteiger partial charge in [-0.15, -0.1) is 0 Å². The highest BCUT2D eigenvalue weighted by atomic mass is 35.5.